The lowest BCUT2D eigenvalue weighted by molar-refractivity contribution is -0.139. The van der Waals surface area contributed by atoms with Gasteiger partial charge in [-0.05, 0) is 49.8 Å². The minimum atomic E-state index is -0.329. The molecule has 1 aromatic rings. The molecule has 1 aromatic carbocycles. The number of rotatable bonds is 5. The Balaban J connectivity index is 1.64. The first kappa shape index (κ1) is 17.2. The molecule has 1 saturated heterocycles. The third kappa shape index (κ3) is 3.28. The summed E-state index contributed by atoms with van der Waals surface area (Å²) in [5.41, 5.74) is 0.841. The van der Waals surface area contributed by atoms with Crippen LogP contribution >= 0.6 is 0 Å². The van der Waals surface area contributed by atoms with Crippen molar-refractivity contribution in [1.82, 2.24) is 4.90 Å². The Bertz CT molecular complexity index is 590. The second-order valence-electron chi connectivity index (χ2n) is 6.90. The largest absolute Gasteiger partial charge is 0.497 e. The molecule has 0 aromatic heterocycles. The molecular weight excluding hydrogens is 306 g/mol. The van der Waals surface area contributed by atoms with Crippen LogP contribution in [0.2, 0.25) is 0 Å². The van der Waals surface area contributed by atoms with Gasteiger partial charge in [-0.2, -0.15) is 0 Å². The van der Waals surface area contributed by atoms with E-state index in [1.807, 2.05) is 29.2 Å². The van der Waals surface area contributed by atoms with Gasteiger partial charge in [0.05, 0.1) is 24.9 Å². The van der Waals surface area contributed by atoms with Crippen LogP contribution in [0.5, 0.6) is 5.75 Å². The molecule has 2 aliphatic rings. The van der Waals surface area contributed by atoms with E-state index < -0.39 is 0 Å². The van der Waals surface area contributed by atoms with Crippen molar-refractivity contribution < 1.29 is 19.4 Å². The molecule has 5 nitrogen and oxygen atoms in total. The minimum absolute atomic E-state index is 0.00376. The minimum Gasteiger partial charge on any atom is -0.497 e. The third-order valence-electron chi connectivity index (χ3n) is 5.64. The van der Waals surface area contributed by atoms with Gasteiger partial charge in [0.2, 0.25) is 5.91 Å². The van der Waals surface area contributed by atoms with Gasteiger partial charge in [-0.15, -0.1) is 0 Å². The van der Waals surface area contributed by atoms with Crippen molar-refractivity contribution in [2.24, 2.45) is 0 Å². The predicted octanol–water partition coefficient (Wildman–Crippen LogP) is 2.16. The summed E-state index contributed by atoms with van der Waals surface area (Å²) in [6.07, 6.45) is 3.92. The van der Waals surface area contributed by atoms with Crippen LogP contribution in [0, 0.1) is 0 Å². The van der Waals surface area contributed by atoms with E-state index in [1.54, 1.807) is 14.2 Å². The molecule has 3 atom stereocenters. The van der Waals surface area contributed by atoms with Gasteiger partial charge in [0.15, 0.2) is 0 Å². The molecule has 0 bridgehead atoms. The molecule has 0 unspecified atom stereocenters. The number of likely N-dealkylation sites (tertiary alicyclic amines) is 1. The molecule has 1 heterocycles. The Hall–Kier alpha value is -1.59. The van der Waals surface area contributed by atoms with E-state index >= 15 is 0 Å². The first-order chi connectivity index (χ1) is 11.6. The highest BCUT2D eigenvalue weighted by atomic mass is 16.5. The molecule has 2 fully saturated rings. The van der Waals surface area contributed by atoms with Crippen LogP contribution in [0.4, 0.5) is 0 Å². The highest BCUT2D eigenvalue weighted by Gasteiger charge is 2.52. The monoisotopic (exact) mass is 333 g/mol. The van der Waals surface area contributed by atoms with Crippen molar-refractivity contribution in [2.75, 3.05) is 20.8 Å². The number of hydrogen-bond donors (Lipinski definition) is 1. The quantitative estimate of drug-likeness (QED) is 0.897. The average Bonchev–Trinajstić information content (AvgIpc) is 2.99. The van der Waals surface area contributed by atoms with Crippen molar-refractivity contribution in [3.63, 3.8) is 0 Å². The van der Waals surface area contributed by atoms with Crippen LogP contribution in [0.3, 0.4) is 0 Å². The zero-order valence-electron chi connectivity index (χ0n) is 14.5. The number of fused-ring (bicyclic) bond motifs is 1. The fraction of sp³-hybridized carbons (Fsp3) is 0.632. The molecule has 132 valence electrons. The lowest BCUT2D eigenvalue weighted by Crippen LogP contribution is -2.52. The number of hydrogen-bond acceptors (Lipinski definition) is 4. The summed E-state index contributed by atoms with van der Waals surface area (Å²) < 4.78 is 11.0. The van der Waals surface area contributed by atoms with E-state index in [9.17, 15) is 9.90 Å². The first-order valence-corrected chi connectivity index (χ1v) is 8.73. The standard InChI is InChI=1S/C19H27NO4/c1-23-16-5-3-4-14(12-16)6-7-18(22)20-11-10-19(24-2)9-8-15(21)13-17(19)20/h3-5,12,15,17,21H,6-11,13H2,1-2H3/t15-,17-,19+/m0/s1. The molecule has 3 rings (SSSR count). The Kier molecular flexibility index (Phi) is 5.11. The number of carbonyl (C=O) groups is 1. The van der Waals surface area contributed by atoms with Gasteiger partial charge in [0, 0.05) is 20.1 Å². The number of benzene rings is 1. The zero-order chi connectivity index (χ0) is 17.2. The fourth-order valence-corrected chi connectivity index (χ4v) is 4.20. The highest BCUT2D eigenvalue weighted by molar-refractivity contribution is 5.77. The lowest BCUT2D eigenvalue weighted by atomic mass is 9.79. The van der Waals surface area contributed by atoms with Crippen LogP contribution in [0.15, 0.2) is 24.3 Å². The molecule has 1 amide bonds. The van der Waals surface area contributed by atoms with Crippen LogP contribution in [-0.4, -0.2) is 54.4 Å². The molecular formula is C19H27NO4. The van der Waals surface area contributed by atoms with Gasteiger partial charge >= 0.3 is 0 Å². The topological polar surface area (TPSA) is 59.0 Å². The maximum atomic E-state index is 12.8. The molecule has 1 aliphatic carbocycles. The molecule has 0 spiro atoms. The van der Waals surface area contributed by atoms with Crippen molar-refractivity contribution in [2.45, 2.75) is 56.3 Å². The number of nitrogens with zero attached hydrogens (tertiary/aromatic N) is 1. The van der Waals surface area contributed by atoms with Gasteiger partial charge in [0.25, 0.3) is 0 Å². The predicted molar refractivity (Wildman–Crippen MR) is 91.0 cm³/mol. The Morgan fingerprint density at radius 2 is 2.21 bits per heavy atom. The Labute approximate surface area is 143 Å². The third-order valence-corrected chi connectivity index (χ3v) is 5.64. The summed E-state index contributed by atoms with van der Waals surface area (Å²) >= 11 is 0. The number of aliphatic hydroxyl groups is 1. The molecule has 1 aliphatic heterocycles. The first-order valence-electron chi connectivity index (χ1n) is 8.73. The lowest BCUT2D eigenvalue weighted by Gasteiger charge is -2.42. The summed E-state index contributed by atoms with van der Waals surface area (Å²) in [5, 5.41) is 10.0. The number of amides is 1. The van der Waals surface area contributed by atoms with E-state index in [1.165, 1.54) is 0 Å². The van der Waals surface area contributed by atoms with Crippen molar-refractivity contribution >= 4 is 5.91 Å². The van der Waals surface area contributed by atoms with Gasteiger partial charge in [0.1, 0.15) is 5.75 Å². The maximum Gasteiger partial charge on any atom is 0.223 e. The number of carbonyl (C=O) groups excluding carboxylic acids is 1. The summed E-state index contributed by atoms with van der Waals surface area (Å²) in [6, 6.07) is 7.85. The van der Waals surface area contributed by atoms with E-state index in [4.69, 9.17) is 9.47 Å². The molecule has 1 saturated carbocycles. The van der Waals surface area contributed by atoms with E-state index in [0.717, 1.165) is 37.1 Å². The van der Waals surface area contributed by atoms with E-state index in [2.05, 4.69) is 0 Å². The van der Waals surface area contributed by atoms with Gasteiger partial charge in [-0.3, -0.25) is 4.79 Å². The van der Waals surface area contributed by atoms with Crippen LogP contribution in [-0.2, 0) is 16.0 Å². The molecule has 0 radical (unpaired) electrons. The number of methoxy groups -OCH3 is 2. The SMILES string of the molecule is COc1cccc(CCC(=O)N2CC[C@]3(OC)CC[C@H](O)C[C@H]23)c1. The Morgan fingerprint density at radius 3 is 2.96 bits per heavy atom. The van der Waals surface area contributed by atoms with Crippen molar-refractivity contribution in [3.8, 4) is 5.75 Å². The maximum absolute atomic E-state index is 12.8. The second-order valence-corrected chi connectivity index (χ2v) is 6.90. The summed E-state index contributed by atoms with van der Waals surface area (Å²) in [6.45, 7) is 0.724. The number of aryl methyl sites for hydroxylation is 1. The van der Waals surface area contributed by atoms with Crippen molar-refractivity contribution in [1.29, 1.82) is 0 Å². The summed E-state index contributed by atoms with van der Waals surface area (Å²) in [7, 11) is 3.38. The van der Waals surface area contributed by atoms with Crippen LogP contribution in [0.25, 0.3) is 0 Å². The molecule has 5 heteroatoms. The van der Waals surface area contributed by atoms with E-state index in [-0.39, 0.29) is 23.7 Å². The normalized spacial score (nSPS) is 29.4. The van der Waals surface area contributed by atoms with Gasteiger partial charge in [-0.25, -0.2) is 0 Å². The molecule has 24 heavy (non-hydrogen) atoms. The van der Waals surface area contributed by atoms with E-state index in [0.29, 0.717) is 19.3 Å². The Morgan fingerprint density at radius 1 is 1.38 bits per heavy atom. The van der Waals surface area contributed by atoms with Crippen LogP contribution < -0.4 is 4.74 Å². The summed E-state index contributed by atoms with van der Waals surface area (Å²) in [5.74, 6) is 0.964. The molecule has 1 N–H and O–H groups in total. The van der Waals surface area contributed by atoms with Gasteiger partial charge < -0.3 is 19.5 Å². The average molecular weight is 333 g/mol. The number of aliphatic hydroxyl groups excluding tert-OH is 1. The highest BCUT2D eigenvalue weighted by Crippen LogP contribution is 2.42. The summed E-state index contributed by atoms with van der Waals surface area (Å²) in [4.78, 5) is 14.7. The van der Waals surface area contributed by atoms with Crippen molar-refractivity contribution in [3.05, 3.63) is 29.8 Å². The van der Waals surface area contributed by atoms with Crippen LogP contribution in [0.1, 0.15) is 37.7 Å². The number of ether oxygens (including phenoxy) is 2. The van der Waals surface area contributed by atoms with Gasteiger partial charge in [-0.1, -0.05) is 12.1 Å². The smallest absolute Gasteiger partial charge is 0.223 e. The zero-order valence-corrected chi connectivity index (χ0v) is 14.5. The fourth-order valence-electron chi connectivity index (χ4n) is 4.20. The second kappa shape index (κ2) is 7.11.